The lowest BCUT2D eigenvalue weighted by atomic mass is 10.1. The van der Waals surface area contributed by atoms with Crippen molar-refractivity contribution in [3.05, 3.63) is 109 Å². The summed E-state index contributed by atoms with van der Waals surface area (Å²) in [6.07, 6.45) is 10.9. The van der Waals surface area contributed by atoms with Crippen LogP contribution in [0.4, 0.5) is 0 Å². The van der Waals surface area contributed by atoms with Crippen molar-refractivity contribution in [2.45, 2.75) is 58.3 Å². The normalized spacial score (nSPS) is 10.5. The van der Waals surface area contributed by atoms with E-state index in [0.29, 0.717) is 37.6 Å². The number of unbranched alkanes of at least 4 members (excludes halogenated alkanes) is 6. The van der Waals surface area contributed by atoms with Crippen LogP contribution in [0.2, 0.25) is 0 Å². The molecule has 0 saturated carbocycles. The molecule has 3 aromatic rings. The van der Waals surface area contributed by atoms with Crippen LogP contribution in [0.1, 0.15) is 77.6 Å². The largest absolute Gasteiger partial charge is 0.494 e. The van der Waals surface area contributed by atoms with Crippen molar-refractivity contribution < 1.29 is 28.5 Å². The highest BCUT2D eigenvalue weighted by Gasteiger charge is 2.05. The Labute approximate surface area is 256 Å². The van der Waals surface area contributed by atoms with E-state index in [1.54, 1.807) is 24.3 Å². The minimum absolute atomic E-state index is 0.0841. The highest BCUT2D eigenvalue weighted by atomic mass is 16.5. The third-order valence-electron chi connectivity index (χ3n) is 6.94. The predicted molar refractivity (Wildman–Crippen MR) is 172 cm³/mol. The summed E-state index contributed by atoms with van der Waals surface area (Å²) in [6, 6.07) is 20.3. The quantitative estimate of drug-likeness (QED) is 0.0668. The second kappa shape index (κ2) is 19.0. The van der Waals surface area contributed by atoms with Crippen LogP contribution in [0.25, 0.3) is 0 Å². The summed E-state index contributed by atoms with van der Waals surface area (Å²) in [6.45, 7) is 11.7. The maximum absolute atomic E-state index is 11.6. The lowest BCUT2D eigenvalue weighted by molar-refractivity contribution is 0.103. The lowest BCUT2D eigenvalue weighted by Crippen LogP contribution is -2.02. The molecule has 0 spiro atoms. The molecule has 0 N–H and O–H groups in total. The van der Waals surface area contributed by atoms with Crippen LogP contribution in [0.3, 0.4) is 0 Å². The Morgan fingerprint density at radius 2 is 0.907 bits per heavy atom. The van der Waals surface area contributed by atoms with Gasteiger partial charge in [0, 0.05) is 11.1 Å². The Hall–Kier alpha value is -4.32. The molecule has 3 aromatic carbocycles. The molecule has 0 radical (unpaired) electrons. The van der Waals surface area contributed by atoms with Crippen molar-refractivity contribution in [2.24, 2.45) is 0 Å². The third-order valence-corrected chi connectivity index (χ3v) is 6.94. The Bertz CT molecular complexity index is 1290. The molecule has 3 rings (SSSR count). The SMILES string of the molecule is C=CC(=O)c1ccc(OCCCCCCOc2ccc(OCCCCCCOc3ccc(C(=O)C=C)cc3)c(C)c2)cc1. The summed E-state index contributed by atoms with van der Waals surface area (Å²) in [4.78, 5) is 23.2. The Kier molecular flexibility index (Phi) is 14.6. The van der Waals surface area contributed by atoms with Gasteiger partial charge in [0.25, 0.3) is 0 Å². The Balaban J connectivity index is 1.18. The molecular formula is C37H44O6. The van der Waals surface area contributed by atoms with Crippen molar-refractivity contribution in [1.29, 1.82) is 0 Å². The first-order chi connectivity index (χ1) is 21.0. The molecule has 0 aliphatic heterocycles. The number of benzene rings is 3. The first kappa shape index (κ1) is 33.2. The average molecular weight is 585 g/mol. The van der Waals surface area contributed by atoms with Crippen LogP contribution in [0, 0.1) is 6.92 Å². The van der Waals surface area contributed by atoms with Gasteiger partial charge in [-0.05, 0) is 143 Å². The second-order valence-electron chi connectivity index (χ2n) is 10.3. The van der Waals surface area contributed by atoms with Crippen LogP contribution in [0.15, 0.2) is 92.0 Å². The van der Waals surface area contributed by atoms with Gasteiger partial charge in [-0.1, -0.05) is 13.2 Å². The predicted octanol–water partition coefficient (Wildman–Crippen LogP) is 8.77. The van der Waals surface area contributed by atoms with Gasteiger partial charge >= 0.3 is 0 Å². The van der Waals surface area contributed by atoms with E-state index in [1.807, 2.05) is 49.4 Å². The van der Waals surface area contributed by atoms with Gasteiger partial charge in [-0.3, -0.25) is 9.59 Å². The molecule has 6 nitrogen and oxygen atoms in total. The molecule has 0 aromatic heterocycles. The number of allylic oxidation sites excluding steroid dienone is 2. The number of carbonyl (C=O) groups is 2. The van der Waals surface area contributed by atoms with E-state index in [0.717, 1.165) is 79.9 Å². The van der Waals surface area contributed by atoms with Gasteiger partial charge in [0.1, 0.15) is 23.0 Å². The van der Waals surface area contributed by atoms with Gasteiger partial charge in [-0.2, -0.15) is 0 Å². The molecule has 0 amide bonds. The number of hydrogen-bond acceptors (Lipinski definition) is 6. The van der Waals surface area contributed by atoms with E-state index in [9.17, 15) is 9.59 Å². The number of aryl methyl sites for hydroxylation is 1. The van der Waals surface area contributed by atoms with E-state index in [-0.39, 0.29) is 11.6 Å². The molecule has 0 atom stereocenters. The fraction of sp³-hybridized carbons (Fsp3) is 0.351. The third kappa shape index (κ3) is 12.2. The molecule has 0 bridgehead atoms. The zero-order chi connectivity index (χ0) is 30.7. The van der Waals surface area contributed by atoms with Gasteiger partial charge in [-0.25, -0.2) is 0 Å². The summed E-state index contributed by atoms with van der Waals surface area (Å²) in [5.74, 6) is 3.15. The summed E-state index contributed by atoms with van der Waals surface area (Å²) in [7, 11) is 0. The Morgan fingerprint density at radius 3 is 1.30 bits per heavy atom. The smallest absolute Gasteiger partial charge is 0.185 e. The molecule has 0 aliphatic carbocycles. The highest BCUT2D eigenvalue weighted by molar-refractivity contribution is 6.04. The van der Waals surface area contributed by atoms with Crippen LogP contribution in [0.5, 0.6) is 23.0 Å². The summed E-state index contributed by atoms with van der Waals surface area (Å²) in [5.41, 5.74) is 2.31. The average Bonchev–Trinajstić information content (AvgIpc) is 3.04. The molecule has 6 heteroatoms. The molecule has 228 valence electrons. The summed E-state index contributed by atoms with van der Waals surface area (Å²) in [5, 5.41) is 0. The minimum atomic E-state index is -0.0842. The monoisotopic (exact) mass is 584 g/mol. The van der Waals surface area contributed by atoms with Crippen molar-refractivity contribution in [3.8, 4) is 23.0 Å². The number of ketones is 2. The molecule has 0 aliphatic rings. The van der Waals surface area contributed by atoms with E-state index >= 15 is 0 Å². The summed E-state index contributed by atoms with van der Waals surface area (Å²) >= 11 is 0. The number of rotatable bonds is 22. The number of hydrogen-bond donors (Lipinski definition) is 0. The zero-order valence-corrected chi connectivity index (χ0v) is 25.4. The van der Waals surface area contributed by atoms with E-state index in [4.69, 9.17) is 18.9 Å². The molecule has 0 unspecified atom stereocenters. The molecule has 0 fully saturated rings. The standard InChI is InChI=1S/C37H44O6/c1-4-35(38)30-14-18-32(19-15-30)40-24-10-6-7-12-26-42-34-22-23-37(29(3)28-34)43-27-13-9-8-11-25-41-33-20-16-31(17-21-33)36(39)5-2/h4-5,14-23,28H,1-2,6-13,24-27H2,3H3. The highest BCUT2D eigenvalue weighted by Crippen LogP contribution is 2.24. The van der Waals surface area contributed by atoms with Gasteiger partial charge in [0.05, 0.1) is 26.4 Å². The Morgan fingerprint density at radius 1 is 0.535 bits per heavy atom. The fourth-order valence-electron chi connectivity index (χ4n) is 4.41. The first-order valence-electron chi connectivity index (χ1n) is 15.2. The van der Waals surface area contributed by atoms with Gasteiger partial charge in [-0.15, -0.1) is 0 Å². The fourth-order valence-corrected chi connectivity index (χ4v) is 4.41. The van der Waals surface area contributed by atoms with E-state index in [2.05, 4.69) is 13.2 Å². The van der Waals surface area contributed by atoms with Gasteiger partial charge in [0.15, 0.2) is 11.6 Å². The second-order valence-corrected chi connectivity index (χ2v) is 10.3. The van der Waals surface area contributed by atoms with Gasteiger partial charge < -0.3 is 18.9 Å². The maximum Gasteiger partial charge on any atom is 0.185 e. The van der Waals surface area contributed by atoms with Crippen LogP contribution in [-0.4, -0.2) is 38.0 Å². The van der Waals surface area contributed by atoms with Crippen molar-refractivity contribution >= 4 is 11.6 Å². The van der Waals surface area contributed by atoms with Crippen molar-refractivity contribution in [3.63, 3.8) is 0 Å². The van der Waals surface area contributed by atoms with Crippen LogP contribution >= 0.6 is 0 Å². The van der Waals surface area contributed by atoms with E-state index in [1.165, 1.54) is 12.2 Å². The minimum Gasteiger partial charge on any atom is -0.494 e. The molecule has 43 heavy (non-hydrogen) atoms. The zero-order valence-electron chi connectivity index (χ0n) is 25.4. The molecular weight excluding hydrogens is 540 g/mol. The van der Waals surface area contributed by atoms with Crippen LogP contribution in [-0.2, 0) is 0 Å². The summed E-state index contributed by atoms with van der Waals surface area (Å²) < 4.78 is 23.5. The van der Waals surface area contributed by atoms with Crippen molar-refractivity contribution in [2.75, 3.05) is 26.4 Å². The van der Waals surface area contributed by atoms with E-state index < -0.39 is 0 Å². The first-order valence-corrected chi connectivity index (χ1v) is 15.2. The number of carbonyl (C=O) groups excluding carboxylic acids is 2. The molecule has 0 heterocycles. The molecule has 0 saturated heterocycles. The number of ether oxygens (including phenoxy) is 4. The van der Waals surface area contributed by atoms with Crippen molar-refractivity contribution in [1.82, 2.24) is 0 Å². The van der Waals surface area contributed by atoms with Crippen LogP contribution < -0.4 is 18.9 Å². The lowest BCUT2D eigenvalue weighted by Gasteiger charge is -2.12. The topological polar surface area (TPSA) is 71.1 Å². The maximum atomic E-state index is 11.6. The van der Waals surface area contributed by atoms with Gasteiger partial charge in [0.2, 0.25) is 0 Å².